The van der Waals surface area contributed by atoms with Gasteiger partial charge in [0.05, 0.1) is 11.2 Å². The minimum atomic E-state index is 0.612. The van der Waals surface area contributed by atoms with Gasteiger partial charge in [0.25, 0.3) is 0 Å². The number of fused-ring (bicyclic) bond motifs is 1. The van der Waals surface area contributed by atoms with Crippen LogP contribution >= 0.6 is 11.6 Å². The van der Waals surface area contributed by atoms with Crippen LogP contribution in [0, 0.1) is 13.8 Å². The molecule has 9 heteroatoms. The first-order valence-electron chi connectivity index (χ1n) is 13.2. The SMILES string of the molecule is Cc1noc(C)c1-c1ccc2nc(N3CCN(CCCN(C)C)CC3)nc(NCc3cccc(Cl)c3)c2c1. The summed E-state index contributed by atoms with van der Waals surface area (Å²) in [7, 11) is 4.26. The molecule has 1 fully saturated rings. The Labute approximate surface area is 229 Å². The van der Waals surface area contributed by atoms with E-state index in [-0.39, 0.29) is 0 Å². The van der Waals surface area contributed by atoms with E-state index in [1.54, 1.807) is 0 Å². The van der Waals surface area contributed by atoms with Crippen molar-refractivity contribution in [2.45, 2.75) is 26.8 Å². The number of rotatable bonds is 9. The van der Waals surface area contributed by atoms with Crippen LogP contribution < -0.4 is 10.2 Å². The quantitative estimate of drug-likeness (QED) is 0.313. The molecule has 3 heterocycles. The van der Waals surface area contributed by atoms with E-state index in [2.05, 4.69) is 63.5 Å². The molecule has 0 unspecified atom stereocenters. The Morgan fingerprint density at radius 2 is 1.84 bits per heavy atom. The van der Waals surface area contributed by atoms with Crippen LogP contribution in [0.2, 0.25) is 5.02 Å². The summed E-state index contributed by atoms with van der Waals surface area (Å²) < 4.78 is 5.43. The van der Waals surface area contributed by atoms with Gasteiger partial charge in [0, 0.05) is 48.7 Å². The van der Waals surface area contributed by atoms with Gasteiger partial charge in [0.2, 0.25) is 5.95 Å². The van der Waals surface area contributed by atoms with Crippen LogP contribution in [0.3, 0.4) is 0 Å². The number of hydrogen-bond donors (Lipinski definition) is 1. The van der Waals surface area contributed by atoms with E-state index in [4.69, 9.17) is 26.1 Å². The normalized spacial score (nSPS) is 14.5. The Bertz CT molecular complexity index is 1380. The van der Waals surface area contributed by atoms with Crippen molar-refractivity contribution < 1.29 is 4.52 Å². The average molecular weight is 534 g/mol. The highest BCUT2D eigenvalue weighted by Crippen LogP contribution is 2.32. The van der Waals surface area contributed by atoms with Gasteiger partial charge < -0.3 is 19.6 Å². The number of benzene rings is 2. The van der Waals surface area contributed by atoms with E-state index in [0.717, 1.165) is 95.1 Å². The maximum atomic E-state index is 6.23. The van der Waals surface area contributed by atoms with Gasteiger partial charge >= 0.3 is 0 Å². The molecular formula is C29H36ClN7O. The molecule has 1 aliphatic rings. The van der Waals surface area contributed by atoms with E-state index in [1.165, 1.54) is 6.42 Å². The number of aryl methyl sites for hydroxylation is 2. The fraction of sp³-hybridized carbons (Fsp3) is 0.414. The smallest absolute Gasteiger partial charge is 0.227 e. The summed E-state index contributed by atoms with van der Waals surface area (Å²) in [6, 6.07) is 14.2. The van der Waals surface area contributed by atoms with Gasteiger partial charge in [-0.15, -0.1) is 0 Å². The Kier molecular flexibility index (Phi) is 8.12. The molecule has 0 saturated carbocycles. The van der Waals surface area contributed by atoms with Gasteiger partial charge in [0.15, 0.2) is 0 Å². The van der Waals surface area contributed by atoms with Gasteiger partial charge in [0.1, 0.15) is 11.6 Å². The molecule has 0 aliphatic carbocycles. The zero-order valence-corrected chi connectivity index (χ0v) is 23.4. The lowest BCUT2D eigenvalue weighted by atomic mass is 10.0. The van der Waals surface area contributed by atoms with E-state index in [0.29, 0.717) is 6.54 Å². The van der Waals surface area contributed by atoms with Crippen LogP contribution in [-0.2, 0) is 6.54 Å². The highest BCUT2D eigenvalue weighted by Gasteiger charge is 2.21. The molecule has 0 amide bonds. The molecule has 1 aliphatic heterocycles. The maximum Gasteiger partial charge on any atom is 0.227 e. The molecule has 8 nitrogen and oxygen atoms in total. The summed E-state index contributed by atoms with van der Waals surface area (Å²) in [5.41, 5.74) is 4.94. The van der Waals surface area contributed by atoms with Crippen molar-refractivity contribution in [1.82, 2.24) is 24.9 Å². The Balaban J connectivity index is 1.42. The number of piperazine rings is 1. The highest BCUT2D eigenvalue weighted by molar-refractivity contribution is 6.30. The number of nitrogens with zero attached hydrogens (tertiary/aromatic N) is 6. The van der Waals surface area contributed by atoms with Crippen LogP contribution in [0.15, 0.2) is 47.0 Å². The number of hydrogen-bond acceptors (Lipinski definition) is 8. The first-order valence-corrected chi connectivity index (χ1v) is 13.6. The van der Waals surface area contributed by atoms with Gasteiger partial charge in [-0.25, -0.2) is 4.98 Å². The number of aromatic nitrogens is 3. The second kappa shape index (κ2) is 11.7. The highest BCUT2D eigenvalue weighted by atomic mass is 35.5. The lowest BCUT2D eigenvalue weighted by Gasteiger charge is -2.35. The Morgan fingerprint density at radius 1 is 1.03 bits per heavy atom. The van der Waals surface area contributed by atoms with Gasteiger partial charge in [-0.3, -0.25) is 4.90 Å². The minimum Gasteiger partial charge on any atom is -0.365 e. The zero-order valence-electron chi connectivity index (χ0n) is 22.7. The van der Waals surface area contributed by atoms with Crippen LogP contribution in [0.25, 0.3) is 22.0 Å². The van der Waals surface area contributed by atoms with E-state index < -0.39 is 0 Å². The minimum absolute atomic E-state index is 0.612. The van der Waals surface area contributed by atoms with Crippen molar-refractivity contribution >= 4 is 34.3 Å². The van der Waals surface area contributed by atoms with Crippen LogP contribution in [-0.4, -0.2) is 78.3 Å². The van der Waals surface area contributed by atoms with Crippen molar-refractivity contribution in [3.05, 3.63) is 64.5 Å². The summed E-state index contributed by atoms with van der Waals surface area (Å²) in [6.07, 6.45) is 1.19. The molecule has 200 valence electrons. The summed E-state index contributed by atoms with van der Waals surface area (Å²) in [5, 5.41) is 9.40. The lowest BCUT2D eigenvalue weighted by molar-refractivity contribution is 0.241. The first-order chi connectivity index (χ1) is 18.4. The van der Waals surface area contributed by atoms with E-state index in [1.807, 2.05) is 32.0 Å². The predicted octanol–water partition coefficient (Wildman–Crippen LogP) is 5.24. The standard InChI is InChI=1S/C29H36ClN7O/c1-20-27(21(2)38-34-20)23-9-10-26-25(18-23)28(31-19-22-7-5-8-24(30)17-22)33-29(32-26)37-15-13-36(14-16-37)12-6-11-35(3)4/h5,7-10,17-18H,6,11-16,19H2,1-4H3,(H,31,32,33). The molecule has 0 atom stereocenters. The van der Waals surface area contributed by atoms with Crippen molar-refractivity contribution in [2.24, 2.45) is 0 Å². The Hall–Kier alpha value is -3.20. The van der Waals surface area contributed by atoms with Gasteiger partial charge in [-0.1, -0.05) is 35.0 Å². The third-order valence-electron chi connectivity index (χ3n) is 7.09. The molecule has 1 N–H and O–H groups in total. The molecule has 2 aromatic carbocycles. The second-order valence-electron chi connectivity index (χ2n) is 10.3. The average Bonchev–Trinajstić information content (AvgIpc) is 3.24. The molecule has 0 spiro atoms. The van der Waals surface area contributed by atoms with Gasteiger partial charge in [-0.2, -0.15) is 4.98 Å². The summed E-state index contributed by atoms with van der Waals surface area (Å²) in [5.74, 6) is 2.38. The largest absolute Gasteiger partial charge is 0.365 e. The van der Waals surface area contributed by atoms with Crippen LogP contribution in [0.1, 0.15) is 23.4 Å². The van der Waals surface area contributed by atoms with Crippen molar-refractivity contribution in [3.8, 4) is 11.1 Å². The second-order valence-corrected chi connectivity index (χ2v) is 10.7. The fourth-order valence-corrected chi connectivity index (χ4v) is 5.27. The summed E-state index contributed by atoms with van der Waals surface area (Å²) >= 11 is 6.23. The summed E-state index contributed by atoms with van der Waals surface area (Å²) in [4.78, 5) is 17.1. The van der Waals surface area contributed by atoms with Crippen molar-refractivity contribution in [3.63, 3.8) is 0 Å². The molecule has 0 bridgehead atoms. The molecule has 38 heavy (non-hydrogen) atoms. The maximum absolute atomic E-state index is 6.23. The Morgan fingerprint density at radius 3 is 2.55 bits per heavy atom. The molecular weight excluding hydrogens is 498 g/mol. The fourth-order valence-electron chi connectivity index (χ4n) is 5.06. The van der Waals surface area contributed by atoms with E-state index in [9.17, 15) is 0 Å². The van der Waals surface area contributed by atoms with E-state index >= 15 is 0 Å². The summed E-state index contributed by atoms with van der Waals surface area (Å²) in [6.45, 7) is 10.6. The first kappa shape index (κ1) is 26.4. The molecule has 5 rings (SSSR count). The lowest BCUT2D eigenvalue weighted by Crippen LogP contribution is -2.47. The molecule has 1 saturated heterocycles. The number of halogens is 1. The molecule has 4 aromatic rings. The third kappa shape index (κ3) is 6.09. The predicted molar refractivity (Wildman–Crippen MR) is 155 cm³/mol. The number of anilines is 2. The molecule has 2 aromatic heterocycles. The van der Waals surface area contributed by atoms with Crippen LogP contribution in [0.5, 0.6) is 0 Å². The molecule has 0 radical (unpaired) electrons. The number of nitrogens with one attached hydrogen (secondary N) is 1. The monoisotopic (exact) mass is 533 g/mol. The van der Waals surface area contributed by atoms with Crippen molar-refractivity contribution in [1.29, 1.82) is 0 Å². The van der Waals surface area contributed by atoms with Crippen LogP contribution in [0.4, 0.5) is 11.8 Å². The van der Waals surface area contributed by atoms with Gasteiger partial charge in [-0.05, 0) is 82.8 Å². The topological polar surface area (TPSA) is 73.6 Å². The van der Waals surface area contributed by atoms with Crippen molar-refractivity contribution in [2.75, 3.05) is 63.6 Å². The zero-order chi connectivity index (χ0) is 26.6. The third-order valence-corrected chi connectivity index (χ3v) is 7.32.